The first-order chi connectivity index (χ1) is 10.2. The minimum Gasteiger partial charge on any atom is -0.312 e. The van der Waals surface area contributed by atoms with Gasteiger partial charge in [-0.1, -0.05) is 49.4 Å². The second-order valence-electron chi connectivity index (χ2n) is 5.95. The molecular formula is C19H24N2. The molecule has 0 saturated heterocycles. The molecule has 0 bridgehead atoms. The van der Waals surface area contributed by atoms with E-state index in [2.05, 4.69) is 73.7 Å². The van der Waals surface area contributed by atoms with Crippen molar-refractivity contribution >= 4 is 0 Å². The third-order valence-electron chi connectivity index (χ3n) is 4.60. The molecule has 3 rings (SSSR count). The van der Waals surface area contributed by atoms with Gasteiger partial charge in [-0.3, -0.25) is 0 Å². The zero-order valence-electron chi connectivity index (χ0n) is 13.2. The Bertz CT molecular complexity index is 633. The Kier molecular flexibility index (Phi) is 4.09. The van der Waals surface area contributed by atoms with Crippen LogP contribution in [0.3, 0.4) is 0 Å². The van der Waals surface area contributed by atoms with E-state index in [4.69, 9.17) is 0 Å². The van der Waals surface area contributed by atoms with Gasteiger partial charge in [-0.25, -0.2) is 0 Å². The van der Waals surface area contributed by atoms with Crippen LogP contribution in [-0.2, 0) is 6.42 Å². The topological polar surface area (TPSA) is 15.3 Å². The van der Waals surface area contributed by atoms with Gasteiger partial charge in [0.15, 0.2) is 0 Å². The molecule has 0 spiro atoms. The zero-order chi connectivity index (χ0) is 14.8. The maximum Gasteiger partial charge on any atom is 0.0446 e. The molecule has 0 aliphatic heterocycles. The monoisotopic (exact) mass is 280 g/mol. The van der Waals surface area contributed by atoms with Crippen LogP contribution in [0, 0.1) is 0 Å². The lowest BCUT2D eigenvalue weighted by Crippen LogP contribution is -2.31. The summed E-state index contributed by atoms with van der Waals surface area (Å²) in [7, 11) is 4.23. The molecule has 2 heteroatoms. The first kappa shape index (κ1) is 14.3. The summed E-state index contributed by atoms with van der Waals surface area (Å²) >= 11 is 0. The average Bonchev–Trinajstić information content (AvgIpc) is 2.89. The van der Waals surface area contributed by atoms with Crippen LogP contribution in [0.4, 0.5) is 0 Å². The summed E-state index contributed by atoms with van der Waals surface area (Å²) < 4.78 is 0. The maximum absolute atomic E-state index is 3.45. The van der Waals surface area contributed by atoms with E-state index in [-0.39, 0.29) is 0 Å². The van der Waals surface area contributed by atoms with Gasteiger partial charge in [0.2, 0.25) is 0 Å². The lowest BCUT2D eigenvalue weighted by molar-refractivity contribution is 0.311. The average molecular weight is 280 g/mol. The molecule has 0 saturated carbocycles. The third-order valence-corrected chi connectivity index (χ3v) is 4.60. The normalized spacial score (nSPS) is 14.1. The molecule has 0 heterocycles. The van der Waals surface area contributed by atoms with Crippen molar-refractivity contribution in [2.75, 3.05) is 27.2 Å². The van der Waals surface area contributed by atoms with Gasteiger partial charge < -0.3 is 10.2 Å². The fourth-order valence-corrected chi connectivity index (χ4v) is 3.19. The van der Waals surface area contributed by atoms with Crippen LogP contribution in [0.2, 0.25) is 0 Å². The Balaban J connectivity index is 1.89. The summed E-state index contributed by atoms with van der Waals surface area (Å²) in [6.45, 7) is 4.32. The number of nitrogens with one attached hydrogen (secondary N) is 1. The highest BCUT2D eigenvalue weighted by atomic mass is 15.1. The lowest BCUT2D eigenvalue weighted by atomic mass is 9.99. The second kappa shape index (κ2) is 6.00. The molecule has 2 aromatic carbocycles. The van der Waals surface area contributed by atoms with Crippen LogP contribution in [0.15, 0.2) is 42.5 Å². The number of likely N-dealkylation sites (N-methyl/N-ethyl adjacent to an activating group) is 2. The molecule has 1 aliphatic carbocycles. The Hall–Kier alpha value is -1.64. The van der Waals surface area contributed by atoms with Crippen LogP contribution in [0.5, 0.6) is 0 Å². The van der Waals surface area contributed by atoms with Gasteiger partial charge in [0.1, 0.15) is 0 Å². The number of fused-ring (bicyclic) bond motifs is 3. The predicted octanol–water partition coefficient (Wildman–Crippen LogP) is 3.47. The molecule has 21 heavy (non-hydrogen) atoms. The van der Waals surface area contributed by atoms with E-state index in [0.717, 1.165) is 19.5 Å². The Morgan fingerprint density at radius 1 is 1.10 bits per heavy atom. The highest BCUT2D eigenvalue weighted by molar-refractivity contribution is 5.77. The van der Waals surface area contributed by atoms with Crippen LogP contribution < -0.4 is 5.32 Å². The smallest absolute Gasteiger partial charge is 0.0446 e. The van der Waals surface area contributed by atoms with Gasteiger partial charge in [-0.05, 0) is 54.9 Å². The van der Waals surface area contributed by atoms with E-state index < -0.39 is 0 Å². The first-order valence-electron chi connectivity index (χ1n) is 7.79. The third kappa shape index (κ3) is 2.74. The number of benzene rings is 2. The van der Waals surface area contributed by atoms with Gasteiger partial charge in [-0.15, -0.1) is 0 Å². The van der Waals surface area contributed by atoms with Crippen molar-refractivity contribution in [3.63, 3.8) is 0 Å². The van der Waals surface area contributed by atoms with E-state index in [0.29, 0.717) is 6.04 Å². The van der Waals surface area contributed by atoms with Crippen LogP contribution >= 0.6 is 0 Å². The van der Waals surface area contributed by atoms with Gasteiger partial charge in [0.25, 0.3) is 0 Å². The van der Waals surface area contributed by atoms with E-state index in [9.17, 15) is 0 Å². The van der Waals surface area contributed by atoms with Crippen LogP contribution in [0.1, 0.15) is 29.7 Å². The van der Waals surface area contributed by atoms with Crippen molar-refractivity contribution < 1.29 is 0 Å². The summed E-state index contributed by atoms with van der Waals surface area (Å²) in [4.78, 5) is 2.35. The highest BCUT2D eigenvalue weighted by Crippen LogP contribution is 2.37. The number of rotatable bonds is 5. The molecule has 0 amide bonds. The predicted molar refractivity (Wildman–Crippen MR) is 89.7 cm³/mol. The lowest BCUT2D eigenvalue weighted by Gasteiger charge is -2.23. The molecule has 110 valence electrons. The molecule has 0 aromatic heterocycles. The van der Waals surface area contributed by atoms with Gasteiger partial charge in [0, 0.05) is 12.6 Å². The van der Waals surface area contributed by atoms with E-state index in [1.54, 1.807) is 0 Å². The van der Waals surface area contributed by atoms with E-state index >= 15 is 0 Å². The Labute approximate surface area is 127 Å². The van der Waals surface area contributed by atoms with Crippen molar-refractivity contribution in [2.45, 2.75) is 19.4 Å². The molecular weight excluding hydrogens is 256 g/mol. The van der Waals surface area contributed by atoms with Crippen molar-refractivity contribution in [3.05, 3.63) is 59.2 Å². The maximum atomic E-state index is 3.45. The fraction of sp³-hybridized carbons (Fsp3) is 0.368. The molecule has 2 nitrogen and oxygen atoms in total. The van der Waals surface area contributed by atoms with Crippen molar-refractivity contribution in [1.29, 1.82) is 0 Å². The quantitative estimate of drug-likeness (QED) is 0.770. The van der Waals surface area contributed by atoms with E-state index in [1.165, 1.54) is 27.8 Å². The summed E-state index contributed by atoms with van der Waals surface area (Å²) in [5.41, 5.74) is 7.13. The number of hydrogen-bond acceptors (Lipinski definition) is 2. The minimum atomic E-state index is 0.393. The summed E-state index contributed by atoms with van der Waals surface area (Å²) in [6, 6.07) is 16.1. The minimum absolute atomic E-state index is 0.393. The van der Waals surface area contributed by atoms with Gasteiger partial charge in [-0.2, -0.15) is 0 Å². The highest BCUT2D eigenvalue weighted by Gasteiger charge is 2.20. The van der Waals surface area contributed by atoms with Crippen molar-refractivity contribution in [1.82, 2.24) is 10.2 Å². The van der Waals surface area contributed by atoms with Crippen LogP contribution in [-0.4, -0.2) is 32.1 Å². The summed E-state index contributed by atoms with van der Waals surface area (Å²) in [5.74, 6) is 0. The van der Waals surface area contributed by atoms with E-state index in [1.807, 2.05) is 0 Å². The molecule has 1 aliphatic rings. The molecule has 1 unspecified atom stereocenters. The zero-order valence-corrected chi connectivity index (χ0v) is 13.2. The Morgan fingerprint density at radius 3 is 2.62 bits per heavy atom. The molecule has 0 radical (unpaired) electrons. The van der Waals surface area contributed by atoms with Crippen molar-refractivity contribution in [3.8, 4) is 11.1 Å². The van der Waals surface area contributed by atoms with Gasteiger partial charge in [0.05, 0.1) is 0 Å². The van der Waals surface area contributed by atoms with Crippen LogP contribution in [0.25, 0.3) is 11.1 Å². The number of hydrogen-bond donors (Lipinski definition) is 1. The largest absolute Gasteiger partial charge is 0.312 e. The molecule has 0 fully saturated rings. The van der Waals surface area contributed by atoms with Gasteiger partial charge >= 0.3 is 0 Å². The second-order valence-corrected chi connectivity index (χ2v) is 5.95. The molecule has 2 aromatic rings. The fourth-order valence-electron chi connectivity index (χ4n) is 3.19. The standard InChI is InChI=1S/C19H24N2/c1-4-21(3)13-19(20-2)15-9-10-18-16(12-15)11-14-7-5-6-8-17(14)18/h5-10,12,19-20H,4,11,13H2,1-3H3. The first-order valence-corrected chi connectivity index (χ1v) is 7.79. The number of nitrogens with zero attached hydrogens (tertiary/aromatic N) is 1. The summed E-state index contributed by atoms with van der Waals surface area (Å²) in [6.07, 6.45) is 1.07. The summed E-state index contributed by atoms with van der Waals surface area (Å²) in [5, 5.41) is 3.45. The van der Waals surface area contributed by atoms with Crippen molar-refractivity contribution in [2.24, 2.45) is 0 Å². The molecule has 1 atom stereocenters. The SMILES string of the molecule is CCN(C)CC(NC)c1ccc2c(c1)Cc1ccccc1-2. The molecule has 1 N–H and O–H groups in total. The Morgan fingerprint density at radius 2 is 1.86 bits per heavy atom.